The first-order valence-corrected chi connectivity index (χ1v) is 6.66. The molecule has 0 unspecified atom stereocenters. The number of nitrogens with one attached hydrogen (secondary N) is 1. The molecule has 0 bridgehead atoms. The number of rotatable bonds is 3. The van der Waals surface area contributed by atoms with E-state index in [0.717, 1.165) is 28.3 Å². The van der Waals surface area contributed by atoms with Gasteiger partial charge in [0.05, 0.1) is 0 Å². The number of benzene rings is 1. The van der Waals surface area contributed by atoms with E-state index in [4.69, 9.17) is 0 Å². The van der Waals surface area contributed by atoms with Gasteiger partial charge in [-0.2, -0.15) is 0 Å². The second-order valence-electron chi connectivity index (χ2n) is 3.77. The highest BCUT2D eigenvalue weighted by molar-refractivity contribution is 9.13. The minimum absolute atomic E-state index is 0.632. The zero-order chi connectivity index (χ0) is 10.7. The van der Waals surface area contributed by atoms with Crippen LogP contribution in [0.25, 0.3) is 0 Å². The molecular weight excluding hydrogens is 318 g/mol. The Balaban J connectivity index is 1.90. The van der Waals surface area contributed by atoms with Crippen molar-refractivity contribution in [3.05, 3.63) is 44.9 Å². The lowest BCUT2D eigenvalue weighted by Crippen LogP contribution is -2.25. The van der Waals surface area contributed by atoms with Gasteiger partial charge in [0.1, 0.15) is 0 Å². The third-order valence-corrected chi connectivity index (χ3v) is 4.47. The molecule has 1 aromatic carbocycles. The first-order valence-electron chi connectivity index (χ1n) is 5.08. The largest absolute Gasteiger partial charge is 0.309 e. The highest BCUT2D eigenvalue weighted by atomic mass is 79.9. The van der Waals surface area contributed by atoms with Crippen LogP contribution in [0, 0.1) is 0 Å². The summed E-state index contributed by atoms with van der Waals surface area (Å²) in [6, 6.07) is 7.00. The molecule has 1 N–H and O–H groups in total. The fourth-order valence-electron chi connectivity index (χ4n) is 1.70. The zero-order valence-electron chi connectivity index (χ0n) is 8.34. The highest BCUT2D eigenvalue weighted by Crippen LogP contribution is 2.23. The van der Waals surface area contributed by atoms with Crippen LogP contribution >= 0.6 is 31.9 Å². The molecule has 15 heavy (non-hydrogen) atoms. The third-order valence-electron chi connectivity index (χ3n) is 2.59. The fourth-order valence-corrected chi connectivity index (χ4v) is 2.37. The van der Waals surface area contributed by atoms with Gasteiger partial charge in [0.25, 0.3) is 0 Å². The number of hydrogen-bond donors (Lipinski definition) is 1. The maximum Gasteiger partial charge on any atom is 0.0320 e. The van der Waals surface area contributed by atoms with Gasteiger partial charge in [0.15, 0.2) is 0 Å². The molecule has 0 aliphatic heterocycles. The molecule has 1 aliphatic rings. The molecule has 2 rings (SSSR count). The summed E-state index contributed by atoms with van der Waals surface area (Å²) in [5, 5.41) is 3.55. The van der Waals surface area contributed by atoms with Gasteiger partial charge in [-0.15, -0.1) is 0 Å². The summed E-state index contributed by atoms with van der Waals surface area (Å²) >= 11 is 6.98. The van der Waals surface area contributed by atoms with Crippen LogP contribution < -0.4 is 5.32 Å². The Morgan fingerprint density at radius 1 is 1.13 bits per heavy atom. The molecular formula is C12H13Br2N. The van der Waals surface area contributed by atoms with E-state index < -0.39 is 0 Å². The van der Waals surface area contributed by atoms with E-state index in [1.165, 1.54) is 5.56 Å². The monoisotopic (exact) mass is 329 g/mol. The fraction of sp³-hybridized carbons (Fsp3) is 0.333. The summed E-state index contributed by atoms with van der Waals surface area (Å²) in [7, 11) is 0. The molecule has 0 fully saturated rings. The van der Waals surface area contributed by atoms with Gasteiger partial charge in [0, 0.05) is 21.5 Å². The zero-order valence-corrected chi connectivity index (χ0v) is 11.5. The standard InChI is InChI=1S/C12H13Br2N/c13-11-6-5-9(7-12(11)14)8-15-10-3-1-2-4-10/h1-2,5-7,10,15H,3-4,8H2. The van der Waals surface area contributed by atoms with Crippen molar-refractivity contribution in [2.24, 2.45) is 0 Å². The lowest BCUT2D eigenvalue weighted by atomic mass is 10.2. The van der Waals surface area contributed by atoms with E-state index in [1.807, 2.05) is 0 Å². The minimum Gasteiger partial charge on any atom is -0.309 e. The number of hydrogen-bond acceptors (Lipinski definition) is 1. The van der Waals surface area contributed by atoms with Crippen LogP contribution in [0.1, 0.15) is 18.4 Å². The predicted octanol–water partition coefficient (Wildman–Crippen LogP) is 4.02. The van der Waals surface area contributed by atoms with Gasteiger partial charge in [-0.1, -0.05) is 18.2 Å². The number of halogens is 2. The van der Waals surface area contributed by atoms with Gasteiger partial charge in [-0.25, -0.2) is 0 Å². The normalized spacial score (nSPS) is 16.1. The Morgan fingerprint density at radius 2 is 1.87 bits per heavy atom. The first kappa shape index (κ1) is 11.4. The van der Waals surface area contributed by atoms with E-state index in [0.29, 0.717) is 6.04 Å². The van der Waals surface area contributed by atoms with Crippen LogP contribution in [-0.2, 0) is 6.54 Å². The van der Waals surface area contributed by atoms with Crippen LogP contribution in [0.15, 0.2) is 39.3 Å². The molecule has 1 aromatic rings. The Morgan fingerprint density at radius 3 is 2.53 bits per heavy atom. The Hall–Kier alpha value is -0.120. The van der Waals surface area contributed by atoms with Crippen molar-refractivity contribution in [2.75, 3.05) is 0 Å². The lowest BCUT2D eigenvalue weighted by molar-refractivity contribution is 0.538. The molecule has 1 nitrogen and oxygen atoms in total. The van der Waals surface area contributed by atoms with Gasteiger partial charge in [-0.05, 0) is 62.4 Å². The topological polar surface area (TPSA) is 12.0 Å². The molecule has 3 heteroatoms. The van der Waals surface area contributed by atoms with Crippen molar-refractivity contribution in [3.8, 4) is 0 Å². The lowest BCUT2D eigenvalue weighted by Gasteiger charge is -2.12. The second kappa shape index (κ2) is 5.28. The van der Waals surface area contributed by atoms with Gasteiger partial charge in [0.2, 0.25) is 0 Å². The second-order valence-corrected chi connectivity index (χ2v) is 5.48. The third kappa shape index (κ3) is 3.16. The molecule has 80 valence electrons. The van der Waals surface area contributed by atoms with Crippen molar-refractivity contribution in [1.29, 1.82) is 0 Å². The summed E-state index contributed by atoms with van der Waals surface area (Å²) in [6.07, 6.45) is 6.82. The van der Waals surface area contributed by atoms with Gasteiger partial charge in [-0.3, -0.25) is 0 Å². The summed E-state index contributed by atoms with van der Waals surface area (Å²) in [4.78, 5) is 0. The van der Waals surface area contributed by atoms with Crippen LogP contribution in [0.4, 0.5) is 0 Å². The van der Waals surface area contributed by atoms with Crippen LogP contribution in [0.3, 0.4) is 0 Å². The Kier molecular flexibility index (Phi) is 4.00. The molecule has 0 radical (unpaired) electrons. The minimum atomic E-state index is 0.632. The van der Waals surface area contributed by atoms with Crippen molar-refractivity contribution in [1.82, 2.24) is 5.32 Å². The molecule has 1 aliphatic carbocycles. The van der Waals surface area contributed by atoms with E-state index in [1.54, 1.807) is 0 Å². The molecule has 0 saturated heterocycles. The summed E-state index contributed by atoms with van der Waals surface area (Å²) in [5.41, 5.74) is 1.32. The molecule has 0 atom stereocenters. The summed E-state index contributed by atoms with van der Waals surface area (Å²) in [5.74, 6) is 0. The molecule has 0 spiro atoms. The smallest absolute Gasteiger partial charge is 0.0320 e. The van der Waals surface area contributed by atoms with E-state index in [-0.39, 0.29) is 0 Å². The van der Waals surface area contributed by atoms with Crippen LogP contribution in [-0.4, -0.2) is 6.04 Å². The highest BCUT2D eigenvalue weighted by Gasteiger charge is 2.08. The van der Waals surface area contributed by atoms with E-state index in [2.05, 4.69) is 67.5 Å². The van der Waals surface area contributed by atoms with Crippen molar-refractivity contribution >= 4 is 31.9 Å². The quantitative estimate of drug-likeness (QED) is 0.825. The summed E-state index contributed by atoms with van der Waals surface area (Å²) in [6.45, 7) is 0.943. The van der Waals surface area contributed by atoms with E-state index >= 15 is 0 Å². The molecule has 0 saturated carbocycles. The van der Waals surface area contributed by atoms with Crippen LogP contribution in [0.2, 0.25) is 0 Å². The Labute approximate surface area is 107 Å². The molecule has 0 amide bonds. The first-order chi connectivity index (χ1) is 7.25. The maximum atomic E-state index is 3.55. The molecule has 0 aromatic heterocycles. The maximum absolute atomic E-state index is 3.55. The Bertz CT molecular complexity index is 366. The van der Waals surface area contributed by atoms with Gasteiger partial charge >= 0.3 is 0 Å². The molecule has 0 heterocycles. The summed E-state index contributed by atoms with van der Waals surface area (Å²) < 4.78 is 2.22. The van der Waals surface area contributed by atoms with Crippen molar-refractivity contribution in [2.45, 2.75) is 25.4 Å². The van der Waals surface area contributed by atoms with Crippen molar-refractivity contribution < 1.29 is 0 Å². The predicted molar refractivity (Wildman–Crippen MR) is 70.8 cm³/mol. The average molecular weight is 331 g/mol. The van der Waals surface area contributed by atoms with Gasteiger partial charge < -0.3 is 5.32 Å². The average Bonchev–Trinajstić information content (AvgIpc) is 2.73. The SMILES string of the molecule is Brc1ccc(CNC2CC=CC2)cc1Br. The van der Waals surface area contributed by atoms with Crippen LogP contribution in [0.5, 0.6) is 0 Å². The van der Waals surface area contributed by atoms with Crippen molar-refractivity contribution in [3.63, 3.8) is 0 Å². The van der Waals surface area contributed by atoms with E-state index in [9.17, 15) is 0 Å².